The first-order chi connectivity index (χ1) is 9.58. The Morgan fingerprint density at radius 2 is 1.90 bits per heavy atom. The predicted octanol–water partition coefficient (Wildman–Crippen LogP) is 1.71. The van der Waals surface area contributed by atoms with Gasteiger partial charge in [0.15, 0.2) is 0 Å². The molecule has 0 aromatic heterocycles. The summed E-state index contributed by atoms with van der Waals surface area (Å²) in [7, 11) is 0. The number of benzene rings is 1. The molecule has 20 heavy (non-hydrogen) atoms. The second kappa shape index (κ2) is 6.72. The van der Waals surface area contributed by atoms with Crippen molar-refractivity contribution in [1.82, 2.24) is 4.90 Å². The van der Waals surface area contributed by atoms with Crippen LogP contribution >= 0.6 is 0 Å². The van der Waals surface area contributed by atoms with E-state index < -0.39 is 5.97 Å². The van der Waals surface area contributed by atoms with Crippen molar-refractivity contribution in [3.05, 3.63) is 28.8 Å². The predicted molar refractivity (Wildman–Crippen MR) is 75.6 cm³/mol. The molecule has 1 fully saturated rings. The molecule has 0 radical (unpaired) electrons. The van der Waals surface area contributed by atoms with Crippen LogP contribution in [0.2, 0.25) is 0 Å². The fourth-order valence-electron chi connectivity index (χ4n) is 2.46. The van der Waals surface area contributed by atoms with Crippen molar-refractivity contribution in [3.63, 3.8) is 0 Å². The molecule has 5 nitrogen and oxygen atoms in total. The van der Waals surface area contributed by atoms with E-state index in [9.17, 15) is 4.79 Å². The number of rotatable bonds is 5. The van der Waals surface area contributed by atoms with Gasteiger partial charge in [-0.25, -0.2) is 4.79 Å². The third-order valence-electron chi connectivity index (χ3n) is 3.50. The number of carbonyl (C=O) groups is 1. The second-order valence-corrected chi connectivity index (χ2v) is 5.04. The molecule has 1 saturated heterocycles. The van der Waals surface area contributed by atoms with Gasteiger partial charge < -0.3 is 14.6 Å². The molecule has 1 aromatic rings. The molecule has 1 aliphatic rings. The van der Waals surface area contributed by atoms with Crippen molar-refractivity contribution in [2.45, 2.75) is 13.8 Å². The standard InChI is InChI=1S/C15H21NO4/c1-11-9-13(10-12(2)14(11)15(17)18)20-8-5-16-3-6-19-7-4-16/h9-10H,3-8H2,1-2H3,(H,17,18). The van der Waals surface area contributed by atoms with Crippen molar-refractivity contribution in [2.24, 2.45) is 0 Å². The van der Waals surface area contributed by atoms with E-state index in [1.807, 2.05) is 0 Å². The summed E-state index contributed by atoms with van der Waals surface area (Å²) in [4.78, 5) is 13.4. The summed E-state index contributed by atoms with van der Waals surface area (Å²) in [6, 6.07) is 3.57. The minimum Gasteiger partial charge on any atom is -0.492 e. The Morgan fingerprint density at radius 3 is 2.45 bits per heavy atom. The Kier molecular flexibility index (Phi) is 4.98. The van der Waals surface area contributed by atoms with E-state index in [-0.39, 0.29) is 0 Å². The molecule has 1 N–H and O–H groups in total. The SMILES string of the molecule is Cc1cc(OCCN2CCOCC2)cc(C)c1C(=O)O. The van der Waals surface area contributed by atoms with Gasteiger partial charge in [0.2, 0.25) is 0 Å². The van der Waals surface area contributed by atoms with Crippen LogP contribution in [0.1, 0.15) is 21.5 Å². The summed E-state index contributed by atoms with van der Waals surface area (Å²) < 4.78 is 11.0. The zero-order chi connectivity index (χ0) is 14.5. The van der Waals surface area contributed by atoms with Gasteiger partial charge in [0, 0.05) is 19.6 Å². The van der Waals surface area contributed by atoms with Crippen LogP contribution in [0.3, 0.4) is 0 Å². The van der Waals surface area contributed by atoms with Gasteiger partial charge in [-0.3, -0.25) is 4.90 Å². The van der Waals surface area contributed by atoms with Crippen LogP contribution in [0, 0.1) is 13.8 Å². The molecule has 0 aliphatic carbocycles. The Balaban J connectivity index is 1.91. The van der Waals surface area contributed by atoms with Crippen molar-refractivity contribution >= 4 is 5.97 Å². The highest BCUT2D eigenvalue weighted by Crippen LogP contribution is 2.21. The molecule has 1 heterocycles. The van der Waals surface area contributed by atoms with E-state index in [1.54, 1.807) is 26.0 Å². The maximum Gasteiger partial charge on any atom is 0.336 e. The van der Waals surface area contributed by atoms with Crippen LogP contribution in [-0.4, -0.2) is 55.4 Å². The zero-order valence-electron chi connectivity index (χ0n) is 12.0. The summed E-state index contributed by atoms with van der Waals surface area (Å²) in [6.07, 6.45) is 0. The van der Waals surface area contributed by atoms with Crippen molar-refractivity contribution in [1.29, 1.82) is 0 Å². The average molecular weight is 279 g/mol. The molecule has 0 bridgehead atoms. The molecular weight excluding hydrogens is 258 g/mol. The van der Waals surface area contributed by atoms with Gasteiger partial charge in [0.1, 0.15) is 12.4 Å². The Labute approximate surface area is 119 Å². The average Bonchev–Trinajstić information content (AvgIpc) is 2.38. The minimum atomic E-state index is -0.889. The van der Waals surface area contributed by atoms with Crippen LogP contribution < -0.4 is 4.74 Å². The monoisotopic (exact) mass is 279 g/mol. The van der Waals surface area contributed by atoms with Gasteiger partial charge in [0.25, 0.3) is 0 Å². The first-order valence-corrected chi connectivity index (χ1v) is 6.85. The van der Waals surface area contributed by atoms with E-state index in [1.165, 1.54) is 0 Å². The first kappa shape index (κ1) is 14.8. The fraction of sp³-hybridized carbons (Fsp3) is 0.533. The summed E-state index contributed by atoms with van der Waals surface area (Å²) >= 11 is 0. The number of carboxylic acids is 1. The van der Waals surface area contributed by atoms with Gasteiger partial charge in [-0.2, -0.15) is 0 Å². The number of ether oxygens (including phenoxy) is 2. The van der Waals surface area contributed by atoms with Crippen LogP contribution in [0.5, 0.6) is 5.75 Å². The smallest absolute Gasteiger partial charge is 0.336 e. The van der Waals surface area contributed by atoms with Gasteiger partial charge >= 0.3 is 5.97 Å². The third kappa shape index (κ3) is 3.71. The lowest BCUT2D eigenvalue weighted by molar-refractivity contribution is 0.0322. The summed E-state index contributed by atoms with van der Waals surface area (Å²) in [5.74, 6) is -0.155. The Bertz CT molecular complexity index is 458. The van der Waals surface area contributed by atoms with E-state index >= 15 is 0 Å². The summed E-state index contributed by atoms with van der Waals surface area (Å²) in [5.41, 5.74) is 1.84. The molecule has 1 aromatic carbocycles. The topological polar surface area (TPSA) is 59.0 Å². The molecule has 110 valence electrons. The maximum absolute atomic E-state index is 11.1. The van der Waals surface area contributed by atoms with E-state index in [0.29, 0.717) is 12.2 Å². The van der Waals surface area contributed by atoms with Crippen LogP contribution in [0.4, 0.5) is 0 Å². The maximum atomic E-state index is 11.1. The Hall–Kier alpha value is -1.59. The quantitative estimate of drug-likeness (QED) is 0.889. The van der Waals surface area contributed by atoms with E-state index in [2.05, 4.69) is 4.90 Å². The van der Waals surface area contributed by atoms with Gasteiger partial charge in [0.05, 0.1) is 18.8 Å². The van der Waals surface area contributed by atoms with E-state index in [4.69, 9.17) is 14.6 Å². The second-order valence-electron chi connectivity index (χ2n) is 5.04. The number of carboxylic acid groups (broad SMARTS) is 1. The van der Waals surface area contributed by atoms with Gasteiger partial charge in [-0.15, -0.1) is 0 Å². The van der Waals surface area contributed by atoms with Crippen LogP contribution in [0.15, 0.2) is 12.1 Å². The molecular formula is C15H21NO4. The number of aryl methyl sites for hydroxylation is 2. The lowest BCUT2D eigenvalue weighted by atomic mass is 10.0. The molecule has 0 amide bonds. The fourth-order valence-corrected chi connectivity index (χ4v) is 2.46. The minimum absolute atomic E-state index is 0.366. The number of morpholine rings is 1. The Morgan fingerprint density at radius 1 is 1.30 bits per heavy atom. The molecule has 0 spiro atoms. The first-order valence-electron chi connectivity index (χ1n) is 6.85. The molecule has 0 saturated carbocycles. The lowest BCUT2D eigenvalue weighted by Gasteiger charge is -2.26. The number of hydrogen-bond donors (Lipinski definition) is 1. The largest absolute Gasteiger partial charge is 0.492 e. The molecule has 0 atom stereocenters. The zero-order valence-corrected chi connectivity index (χ0v) is 12.0. The van der Waals surface area contributed by atoms with E-state index in [0.717, 1.165) is 49.7 Å². The molecule has 1 aliphatic heterocycles. The van der Waals surface area contributed by atoms with Crippen LogP contribution in [-0.2, 0) is 4.74 Å². The van der Waals surface area contributed by atoms with Gasteiger partial charge in [-0.1, -0.05) is 0 Å². The summed E-state index contributed by atoms with van der Waals surface area (Å²) in [5, 5.41) is 9.12. The molecule has 0 unspecified atom stereocenters. The molecule has 5 heteroatoms. The number of hydrogen-bond acceptors (Lipinski definition) is 4. The van der Waals surface area contributed by atoms with Crippen LogP contribution in [0.25, 0.3) is 0 Å². The number of aromatic carboxylic acids is 1. The van der Waals surface area contributed by atoms with Crippen molar-refractivity contribution in [2.75, 3.05) is 39.5 Å². The normalized spacial score (nSPS) is 16.1. The highest BCUT2D eigenvalue weighted by Gasteiger charge is 2.13. The third-order valence-corrected chi connectivity index (χ3v) is 3.50. The number of nitrogens with zero attached hydrogens (tertiary/aromatic N) is 1. The van der Waals surface area contributed by atoms with Crippen molar-refractivity contribution in [3.8, 4) is 5.75 Å². The lowest BCUT2D eigenvalue weighted by Crippen LogP contribution is -2.38. The molecule has 2 rings (SSSR count). The summed E-state index contributed by atoms with van der Waals surface area (Å²) in [6.45, 7) is 8.51. The highest BCUT2D eigenvalue weighted by molar-refractivity contribution is 5.91. The van der Waals surface area contributed by atoms with Gasteiger partial charge in [-0.05, 0) is 37.1 Å². The van der Waals surface area contributed by atoms with Crippen molar-refractivity contribution < 1.29 is 19.4 Å². The highest BCUT2D eigenvalue weighted by atomic mass is 16.5.